The molecule has 0 bridgehead atoms. The Kier molecular flexibility index (Phi) is 3.98. The molecule has 2 heteroatoms. The van der Waals surface area contributed by atoms with Crippen molar-refractivity contribution in [2.75, 3.05) is 5.73 Å². The smallest absolute Gasteiger partial charge is 0.0359 e. The predicted molar refractivity (Wildman–Crippen MR) is 89.0 cm³/mol. The van der Waals surface area contributed by atoms with Gasteiger partial charge in [-0.1, -0.05) is 47.5 Å². The number of hydrogen-bond acceptors (Lipinski definition) is 2. The minimum absolute atomic E-state index is 0.727. The first-order valence-electron chi connectivity index (χ1n) is 7.76. The van der Waals surface area contributed by atoms with Crippen LogP contribution < -0.4 is 5.73 Å². The van der Waals surface area contributed by atoms with E-state index in [0.29, 0.717) is 0 Å². The first-order valence-corrected chi connectivity index (χ1v) is 7.76. The van der Waals surface area contributed by atoms with Gasteiger partial charge in [-0.2, -0.15) is 0 Å². The fraction of sp³-hybridized carbons (Fsp3) is 0.368. The van der Waals surface area contributed by atoms with Crippen molar-refractivity contribution in [3.05, 3.63) is 64.7 Å². The summed E-state index contributed by atoms with van der Waals surface area (Å²) in [5.74, 6) is 0. The summed E-state index contributed by atoms with van der Waals surface area (Å²) in [6.07, 6.45) is 2.63. The highest BCUT2D eigenvalue weighted by molar-refractivity contribution is 5.46. The summed E-state index contributed by atoms with van der Waals surface area (Å²) in [6.45, 7) is 6.31. The number of hydrogen-bond donors (Lipinski definition) is 1. The first kappa shape index (κ1) is 14.2. The van der Waals surface area contributed by atoms with E-state index in [-0.39, 0.29) is 0 Å². The maximum atomic E-state index is 6.10. The van der Waals surface area contributed by atoms with Crippen LogP contribution in [0.15, 0.2) is 42.5 Å². The van der Waals surface area contributed by atoms with Crippen molar-refractivity contribution in [3.63, 3.8) is 0 Å². The third-order valence-corrected chi connectivity index (χ3v) is 4.16. The van der Waals surface area contributed by atoms with Gasteiger partial charge in [-0.25, -0.2) is 0 Å². The Hall–Kier alpha value is -1.80. The fourth-order valence-corrected chi connectivity index (χ4v) is 3.05. The van der Waals surface area contributed by atoms with Crippen molar-refractivity contribution in [1.29, 1.82) is 0 Å². The number of nitrogens with zero attached hydrogens (tertiary/aromatic N) is 1. The highest BCUT2D eigenvalue weighted by Gasteiger charge is 2.29. The summed E-state index contributed by atoms with van der Waals surface area (Å²) in [6, 6.07) is 15.8. The number of nitrogens with two attached hydrogens (primary N) is 1. The van der Waals surface area contributed by atoms with Crippen LogP contribution in [0.25, 0.3) is 0 Å². The molecule has 0 aliphatic heterocycles. The topological polar surface area (TPSA) is 29.3 Å². The monoisotopic (exact) mass is 280 g/mol. The van der Waals surface area contributed by atoms with Gasteiger partial charge in [-0.15, -0.1) is 0 Å². The zero-order valence-electron chi connectivity index (χ0n) is 13.0. The molecule has 0 amide bonds. The van der Waals surface area contributed by atoms with Crippen molar-refractivity contribution >= 4 is 5.69 Å². The van der Waals surface area contributed by atoms with Crippen molar-refractivity contribution in [1.82, 2.24) is 4.90 Å². The molecule has 2 N–H and O–H groups in total. The molecule has 110 valence electrons. The molecular formula is C19H24N2. The van der Waals surface area contributed by atoms with E-state index in [2.05, 4.69) is 49.1 Å². The lowest BCUT2D eigenvalue weighted by Crippen LogP contribution is -2.25. The zero-order valence-corrected chi connectivity index (χ0v) is 13.0. The van der Waals surface area contributed by atoms with Gasteiger partial charge in [0.2, 0.25) is 0 Å². The van der Waals surface area contributed by atoms with Crippen LogP contribution in [0.3, 0.4) is 0 Å². The van der Waals surface area contributed by atoms with Gasteiger partial charge in [-0.3, -0.25) is 4.90 Å². The Morgan fingerprint density at radius 2 is 1.67 bits per heavy atom. The fourth-order valence-electron chi connectivity index (χ4n) is 3.05. The molecule has 0 atom stereocenters. The Balaban J connectivity index is 1.77. The van der Waals surface area contributed by atoms with Crippen LogP contribution in [0.5, 0.6) is 0 Å². The van der Waals surface area contributed by atoms with Crippen molar-refractivity contribution in [2.45, 2.75) is 45.8 Å². The normalized spacial score (nSPS) is 14.6. The maximum absolute atomic E-state index is 6.10. The van der Waals surface area contributed by atoms with Crippen LogP contribution in [0, 0.1) is 13.8 Å². The van der Waals surface area contributed by atoms with Gasteiger partial charge < -0.3 is 5.73 Å². The molecule has 0 radical (unpaired) electrons. The summed E-state index contributed by atoms with van der Waals surface area (Å²) < 4.78 is 0. The van der Waals surface area contributed by atoms with Crippen molar-refractivity contribution in [3.8, 4) is 0 Å². The number of nitrogen functional groups attached to an aromatic ring is 1. The molecule has 1 aliphatic rings. The molecule has 2 aromatic carbocycles. The molecule has 0 spiro atoms. The largest absolute Gasteiger partial charge is 0.398 e. The molecule has 21 heavy (non-hydrogen) atoms. The van der Waals surface area contributed by atoms with Crippen LogP contribution >= 0.6 is 0 Å². The van der Waals surface area contributed by atoms with E-state index < -0.39 is 0 Å². The Morgan fingerprint density at radius 3 is 2.29 bits per heavy atom. The molecule has 0 saturated heterocycles. The predicted octanol–water partition coefficient (Wildman–Crippen LogP) is 4.05. The maximum Gasteiger partial charge on any atom is 0.0359 e. The van der Waals surface area contributed by atoms with Gasteiger partial charge in [0.1, 0.15) is 0 Å². The lowest BCUT2D eigenvalue weighted by Gasteiger charge is -2.23. The molecule has 2 nitrogen and oxygen atoms in total. The Labute approximate surface area is 127 Å². The van der Waals surface area contributed by atoms with E-state index in [1.165, 1.54) is 35.1 Å². The van der Waals surface area contributed by atoms with E-state index in [4.69, 9.17) is 5.73 Å². The average Bonchev–Trinajstić information content (AvgIpc) is 3.23. The highest BCUT2D eigenvalue weighted by Crippen LogP contribution is 2.31. The van der Waals surface area contributed by atoms with Crippen LogP contribution in [0.4, 0.5) is 5.69 Å². The average molecular weight is 280 g/mol. The van der Waals surface area contributed by atoms with Gasteiger partial charge >= 0.3 is 0 Å². The van der Waals surface area contributed by atoms with Crippen molar-refractivity contribution < 1.29 is 0 Å². The molecule has 1 aliphatic carbocycles. The summed E-state index contributed by atoms with van der Waals surface area (Å²) >= 11 is 0. The molecule has 0 unspecified atom stereocenters. The van der Waals surface area contributed by atoms with Gasteiger partial charge in [0.25, 0.3) is 0 Å². The molecular weight excluding hydrogens is 256 g/mol. The quantitative estimate of drug-likeness (QED) is 0.837. The Morgan fingerprint density at radius 1 is 1.00 bits per heavy atom. The van der Waals surface area contributed by atoms with Gasteiger partial charge in [0.05, 0.1) is 0 Å². The lowest BCUT2D eigenvalue weighted by atomic mass is 10.1. The standard InChI is InChI=1S/C19H24N2/c1-14-9-15(2)11-16(10-14)12-21(18-7-8-18)13-17-5-3-4-6-19(17)20/h3-6,9-11,18H,7-8,12-13,20H2,1-2H3. The van der Waals surface area contributed by atoms with Crippen LogP contribution in [0.1, 0.15) is 35.1 Å². The third kappa shape index (κ3) is 3.64. The zero-order chi connectivity index (χ0) is 14.8. The lowest BCUT2D eigenvalue weighted by molar-refractivity contribution is 0.246. The summed E-state index contributed by atoms with van der Waals surface area (Å²) in [5, 5.41) is 0. The number of aryl methyl sites for hydroxylation is 2. The second kappa shape index (κ2) is 5.90. The molecule has 3 rings (SSSR count). The minimum atomic E-state index is 0.727. The summed E-state index contributed by atoms with van der Waals surface area (Å²) in [7, 11) is 0. The highest BCUT2D eigenvalue weighted by atomic mass is 15.2. The van der Waals surface area contributed by atoms with Gasteiger partial charge in [0.15, 0.2) is 0 Å². The van der Waals surface area contributed by atoms with Crippen LogP contribution in [-0.4, -0.2) is 10.9 Å². The number of rotatable bonds is 5. The minimum Gasteiger partial charge on any atom is -0.398 e. The number of anilines is 1. The van der Waals surface area contributed by atoms with Crippen LogP contribution in [-0.2, 0) is 13.1 Å². The Bertz CT molecular complexity index is 609. The summed E-state index contributed by atoms with van der Waals surface area (Å²) in [4.78, 5) is 2.57. The molecule has 2 aromatic rings. The molecule has 0 aromatic heterocycles. The van der Waals surface area contributed by atoms with E-state index in [9.17, 15) is 0 Å². The molecule has 0 heterocycles. The second-order valence-electron chi connectivity index (χ2n) is 6.33. The number of benzene rings is 2. The van der Waals surface area contributed by atoms with Crippen LogP contribution in [0.2, 0.25) is 0 Å². The molecule has 1 saturated carbocycles. The van der Waals surface area contributed by atoms with E-state index in [1.54, 1.807) is 0 Å². The summed E-state index contributed by atoms with van der Waals surface area (Å²) in [5.41, 5.74) is 12.4. The SMILES string of the molecule is Cc1cc(C)cc(CN(Cc2ccccc2N)C2CC2)c1. The first-order chi connectivity index (χ1) is 10.1. The van der Waals surface area contributed by atoms with Gasteiger partial charge in [-0.05, 0) is 43.9 Å². The third-order valence-electron chi connectivity index (χ3n) is 4.16. The number of para-hydroxylation sites is 1. The van der Waals surface area contributed by atoms with E-state index in [0.717, 1.165) is 24.8 Å². The van der Waals surface area contributed by atoms with Crippen molar-refractivity contribution in [2.24, 2.45) is 0 Å². The molecule has 1 fully saturated rings. The van der Waals surface area contributed by atoms with E-state index >= 15 is 0 Å². The van der Waals surface area contributed by atoms with Gasteiger partial charge in [0, 0.05) is 24.8 Å². The second-order valence-corrected chi connectivity index (χ2v) is 6.33. The van der Waals surface area contributed by atoms with E-state index in [1.807, 2.05) is 12.1 Å².